The lowest BCUT2D eigenvalue weighted by molar-refractivity contribution is 0.779. The molecular weight excluding hydrogens is 216 g/mol. The highest BCUT2D eigenvalue weighted by molar-refractivity contribution is 5.84. The van der Waals surface area contributed by atoms with E-state index in [1.807, 2.05) is 7.05 Å². The van der Waals surface area contributed by atoms with Crippen molar-refractivity contribution < 1.29 is 0 Å². The first-order valence-electron chi connectivity index (χ1n) is 5.88. The summed E-state index contributed by atoms with van der Waals surface area (Å²) in [5.74, 6) is 2.36. The first-order valence-corrected chi connectivity index (χ1v) is 5.88. The SMILES string of the molecule is CNc1nc(N(C)CC2CC2)c2[nH]cnc2n1. The molecule has 0 aromatic carbocycles. The van der Waals surface area contributed by atoms with Crippen LogP contribution in [0.25, 0.3) is 11.2 Å². The third-order valence-corrected chi connectivity index (χ3v) is 3.08. The van der Waals surface area contributed by atoms with Crippen molar-refractivity contribution in [3.8, 4) is 0 Å². The molecule has 17 heavy (non-hydrogen) atoms. The van der Waals surface area contributed by atoms with E-state index in [1.54, 1.807) is 6.33 Å². The van der Waals surface area contributed by atoms with Crippen molar-refractivity contribution in [2.24, 2.45) is 5.92 Å². The van der Waals surface area contributed by atoms with Crippen LogP contribution in [0.1, 0.15) is 12.8 Å². The van der Waals surface area contributed by atoms with Gasteiger partial charge >= 0.3 is 0 Å². The van der Waals surface area contributed by atoms with Gasteiger partial charge in [-0.3, -0.25) is 0 Å². The van der Waals surface area contributed by atoms with E-state index in [-0.39, 0.29) is 0 Å². The molecule has 0 radical (unpaired) electrons. The van der Waals surface area contributed by atoms with Crippen molar-refractivity contribution in [3.05, 3.63) is 6.33 Å². The molecule has 1 aliphatic rings. The van der Waals surface area contributed by atoms with Crippen LogP contribution in [-0.4, -0.2) is 40.6 Å². The first kappa shape index (κ1) is 10.3. The van der Waals surface area contributed by atoms with Crippen molar-refractivity contribution in [3.63, 3.8) is 0 Å². The Morgan fingerprint density at radius 2 is 2.29 bits per heavy atom. The fourth-order valence-corrected chi connectivity index (χ4v) is 1.98. The van der Waals surface area contributed by atoms with Crippen LogP contribution in [0.4, 0.5) is 11.8 Å². The number of hydrogen-bond donors (Lipinski definition) is 2. The van der Waals surface area contributed by atoms with Gasteiger partial charge in [0.05, 0.1) is 6.33 Å². The third-order valence-electron chi connectivity index (χ3n) is 3.08. The van der Waals surface area contributed by atoms with Crippen LogP contribution in [0.2, 0.25) is 0 Å². The van der Waals surface area contributed by atoms with Gasteiger partial charge in [0, 0.05) is 20.6 Å². The summed E-state index contributed by atoms with van der Waals surface area (Å²) in [5, 5.41) is 2.97. The second-order valence-electron chi connectivity index (χ2n) is 4.55. The Balaban J connectivity index is 2.01. The Bertz CT molecular complexity index is 530. The summed E-state index contributed by atoms with van der Waals surface area (Å²) in [6.45, 7) is 1.05. The predicted octanol–water partition coefficient (Wildman–Crippen LogP) is 1.24. The van der Waals surface area contributed by atoms with E-state index < -0.39 is 0 Å². The quantitative estimate of drug-likeness (QED) is 0.830. The van der Waals surface area contributed by atoms with Gasteiger partial charge in [-0.05, 0) is 18.8 Å². The molecule has 0 saturated heterocycles. The zero-order valence-corrected chi connectivity index (χ0v) is 10.1. The van der Waals surface area contributed by atoms with Crippen molar-refractivity contribution in [2.75, 3.05) is 30.9 Å². The van der Waals surface area contributed by atoms with E-state index in [9.17, 15) is 0 Å². The minimum Gasteiger partial charge on any atom is -0.357 e. The lowest BCUT2D eigenvalue weighted by atomic mass is 10.3. The first-order chi connectivity index (χ1) is 8.28. The fraction of sp³-hybridized carbons (Fsp3) is 0.545. The number of nitrogens with zero attached hydrogens (tertiary/aromatic N) is 4. The molecule has 0 atom stereocenters. The van der Waals surface area contributed by atoms with Crippen molar-refractivity contribution in [1.82, 2.24) is 19.9 Å². The minimum absolute atomic E-state index is 0.613. The molecule has 0 unspecified atom stereocenters. The smallest absolute Gasteiger partial charge is 0.226 e. The topological polar surface area (TPSA) is 69.7 Å². The lowest BCUT2D eigenvalue weighted by Gasteiger charge is -2.18. The maximum absolute atomic E-state index is 4.50. The van der Waals surface area contributed by atoms with E-state index in [4.69, 9.17) is 0 Å². The van der Waals surface area contributed by atoms with Crippen LogP contribution >= 0.6 is 0 Å². The Morgan fingerprint density at radius 3 is 3.00 bits per heavy atom. The molecule has 1 fully saturated rings. The van der Waals surface area contributed by atoms with E-state index in [1.165, 1.54) is 12.8 Å². The Morgan fingerprint density at radius 1 is 1.47 bits per heavy atom. The molecular formula is C11H16N6. The monoisotopic (exact) mass is 232 g/mol. The van der Waals surface area contributed by atoms with Crippen molar-refractivity contribution >= 4 is 22.9 Å². The summed E-state index contributed by atoms with van der Waals surface area (Å²) in [6.07, 6.45) is 4.33. The molecule has 2 aromatic rings. The minimum atomic E-state index is 0.613. The molecule has 1 saturated carbocycles. The third kappa shape index (κ3) is 1.90. The van der Waals surface area contributed by atoms with Crippen molar-refractivity contribution in [2.45, 2.75) is 12.8 Å². The standard InChI is InChI=1S/C11H16N6/c1-12-11-15-9-8(13-6-14-9)10(16-11)17(2)5-7-3-4-7/h6-7H,3-5H2,1-2H3,(H2,12,13,14,15,16). The van der Waals surface area contributed by atoms with Crippen LogP contribution in [0.5, 0.6) is 0 Å². The summed E-state index contributed by atoms with van der Waals surface area (Å²) >= 11 is 0. The molecule has 6 nitrogen and oxygen atoms in total. The summed E-state index contributed by atoms with van der Waals surface area (Å²) in [7, 11) is 3.89. The zero-order chi connectivity index (χ0) is 11.8. The van der Waals surface area contributed by atoms with Gasteiger partial charge in [-0.15, -0.1) is 0 Å². The summed E-state index contributed by atoms with van der Waals surface area (Å²) in [4.78, 5) is 18.3. The molecule has 3 rings (SSSR count). The molecule has 0 aliphatic heterocycles. The van der Waals surface area contributed by atoms with Crippen LogP contribution in [0.3, 0.4) is 0 Å². The summed E-state index contributed by atoms with van der Waals surface area (Å²) in [6, 6.07) is 0. The second-order valence-corrected chi connectivity index (χ2v) is 4.55. The van der Waals surface area contributed by atoms with E-state index in [0.717, 1.165) is 23.8 Å². The molecule has 6 heteroatoms. The highest BCUT2D eigenvalue weighted by atomic mass is 15.2. The average Bonchev–Trinajstić information content (AvgIpc) is 3.02. The maximum atomic E-state index is 4.50. The fourth-order valence-electron chi connectivity index (χ4n) is 1.98. The molecule has 2 heterocycles. The van der Waals surface area contributed by atoms with Gasteiger partial charge in [-0.25, -0.2) is 4.98 Å². The predicted molar refractivity (Wildman–Crippen MR) is 67.2 cm³/mol. The highest BCUT2D eigenvalue weighted by Crippen LogP contribution is 2.31. The largest absolute Gasteiger partial charge is 0.357 e. The van der Waals surface area contributed by atoms with Crippen molar-refractivity contribution in [1.29, 1.82) is 0 Å². The van der Waals surface area contributed by atoms with E-state index in [2.05, 4.69) is 37.2 Å². The van der Waals surface area contributed by atoms with Gasteiger partial charge in [-0.1, -0.05) is 0 Å². The van der Waals surface area contributed by atoms with Gasteiger partial charge in [-0.2, -0.15) is 9.97 Å². The summed E-state index contributed by atoms with van der Waals surface area (Å²) < 4.78 is 0. The lowest BCUT2D eigenvalue weighted by Crippen LogP contribution is -2.22. The average molecular weight is 232 g/mol. The molecule has 90 valence electrons. The Kier molecular flexibility index (Phi) is 2.35. The number of aromatic nitrogens is 4. The van der Waals surface area contributed by atoms with Gasteiger partial charge < -0.3 is 15.2 Å². The number of aromatic amines is 1. The highest BCUT2D eigenvalue weighted by Gasteiger charge is 2.24. The molecule has 0 spiro atoms. The van der Waals surface area contributed by atoms with E-state index >= 15 is 0 Å². The number of fused-ring (bicyclic) bond motifs is 1. The Hall–Kier alpha value is -1.85. The van der Waals surface area contributed by atoms with Gasteiger partial charge in [0.1, 0.15) is 5.52 Å². The van der Waals surface area contributed by atoms with Crippen LogP contribution < -0.4 is 10.2 Å². The number of rotatable bonds is 4. The van der Waals surface area contributed by atoms with E-state index in [0.29, 0.717) is 11.6 Å². The van der Waals surface area contributed by atoms with Gasteiger partial charge in [0.15, 0.2) is 11.5 Å². The van der Waals surface area contributed by atoms with Gasteiger partial charge in [0.2, 0.25) is 5.95 Å². The molecule has 2 aromatic heterocycles. The maximum Gasteiger partial charge on any atom is 0.226 e. The second kappa shape index (κ2) is 3.87. The number of imidazole rings is 1. The van der Waals surface area contributed by atoms with Crippen LogP contribution in [-0.2, 0) is 0 Å². The van der Waals surface area contributed by atoms with Crippen LogP contribution in [0.15, 0.2) is 6.33 Å². The molecule has 1 aliphatic carbocycles. The molecule has 0 amide bonds. The number of hydrogen-bond acceptors (Lipinski definition) is 5. The number of H-pyrrole nitrogens is 1. The van der Waals surface area contributed by atoms with Gasteiger partial charge in [0.25, 0.3) is 0 Å². The molecule has 0 bridgehead atoms. The number of nitrogens with one attached hydrogen (secondary N) is 2. The normalized spacial score (nSPS) is 15.2. The molecule has 2 N–H and O–H groups in total. The number of anilines is 2. The zero-order valence-electron chi connectivity index (χ0n) is 10.1. The Labute approximate surface area is 99.5 Å². The summed E-state index contributed by atoms with van der Waals surface area (Å²) in [5.41, 5.74) is 1.62. The van der Waals surface area contributed by atoms with Crippen LogP contribution in [0, 0.1) is 5.92 Å².